The number of hydrazine groups is 1. The molecule has 0 aromatic heterocycles. The average molecular weight is 117 g/mol. The van der Waals surface area contributed by atoms with E-state index in [1.54, 1.807) is 16.5 Å². The standard InChI is InChI=1S/C3H7N3S/c1-4-6-5-2-3-7-6/h2,4H,3H2,1H3. The summed E-state index contributed by atoms with van der Waals surface area (Å²) in [6.45, 7) is 0. The molecule has 0 spiro atoms. The first kappa shape index (κ1) is 4.93. The minimum atomic E-state index is 0.987. The molecule has 0 aromatic carbocycles. The molecule has 0 aromatic rings. The summed E-state index contributed by atoms with van der Waals surface area (Å²) in [4.78, 5) is 0. The van der Waals surface area contributed by atoms with E-state index < -0.39 is 0 Å². The SMILES string of the molecule is CNN1N=CCS1. The zero-order valence-electron chi connectivity index (χ0n) is 4.09. The van der Waals surface area contributed by atoms with Crippen LogP contribution in [-0.2, 0) is 0 Å². The van der Waals surface area contributed by atoms with Gasteiger partial charge < -0.3 is 0 Å². The Kier molecular flexibility index (Phi) is 1.54. The Labute approximate surface area is 46.9 Å². The van der Waals surface area contributed by atoms with Gasteiger partial charge in [-0.3, -0.25) is 0 Å². The third-order valence-electron chi connectivity index (χ3n) is 0.649. The van der Waals surface area contributed by atoms with Crippen LogP contribution >= 0.6 is 11.9 Å². The van der Waals surface area contributed by atoms with Crippen LogP contribution in [-0.4, -0.2) is 23.5 Å². The van der Waals surface area contributed by atoms with E-state index in [2.05, 4.69) is 10.5 Å². The van der Waals surface area contributed by atoms with Crippen molar-refractivity contribution >= 4 is 18.2 Å². The molecule has 7 heavy (non-hydrogen) atoms. The summed E-state index contributed by atoms with van der Waals surface area (Å²) in [6, 6.07) is 0. The van der Waals surface area contributed by atoms with Crippen LogP contribution in [0.2, 0.25) is 0 Å². The Hall–Kier alpha value is -0.220. The molecule has 1 rings (SSSR count). The monoisotopic (exact) mass is 117 g/mol. The Balaban J connectivity index is 2.28. The first-order valence-electron chi connectivity index (χ1n) is 2.06. The minimum Gasteiger partial charge on any atom is -0.210 e. The van der Waals surface area contributed by atoms with Gasteiger partial charge in [0, 0.05) is 13.3 Å². The normalized spacial score (nSPS) is 18.7. The molecule has 40 valence electrons. The summed E-state index contributed by atoms with van der Waals surface area (Å²) in [5, 5.41) is 3.91. The third kappa shape index (κ3) is 1.07. The molecular formula is C3H7N3S. The maximum atomic E-state index is 3.91. The summed E-state index contributed by atoms with van der Waals surface area (Å²) in [5.41, 5.74) is 2.86. The van der Waals surface area contributed by atoms with Crippen molar-refractivity contribution in [3.63, 3.8) is 0 Å². The topological polar surface area (TPSA) is 27.6 Å². The highest BCUT2D eigenvalue weighted by Crippen LogP contribution is 2.09. The molecule has 4 heteroatoms. The van der Waals surface area contributed by atoms with Gasteiger partial charge in [0.05, 0.1) is 5.75 Å². The van der Waals surface area contributed by atoms with Crippen molar-refractivity contribution < 1.29 is 0 Å². The van der Waals surface area contributed by atoms with Crippen molar-refractivity contribution in [1.82, 2.24) is 9.95 Å². The second-order valence-electron chi connectivity index (χ2n) is 1.09. The highest BCUT2D eigenvalue weighted by atomic mass is 32.2. The lowest BCUT2D eigenvalue weighted by Gasteiger charge is -2.06. The first-order chi connectivity index (χ1) is 3.43. The molecule has 0 saturated heterocycles. The van der Waals surface area contributed by atoms with E-state index >= 15 is 0 Å². The van der Waals surface area contributed by atoms with Crippen LogP contribution in [0.4, 0.5) is 0 Å². The van der Waals surface area contributed by atoms with Crippen molar-refractivity contribution in [3.05, 3.63) is 0 Å². The highest BCUT2D eigenvalue weighted by molar-refractivity contribution is 7.97. The maximum Gasteiger partial charge on any atom is 0.0539 e. The summed E-state index contributed by atoms with van der Waals surface area (Å²) >= 11 is 1.64. The van der Waals surface area contributed by atoms with E-state index in [1.165, 1.54) is 0 Å². The Morgan fingerprint density at radius 3 is 3.14 bits per heavy atom. The molecule has 0 atom stereocenters. The molecular weight excluding hydrogens is 110 g/mol. The number of hydrogen-bond donors (Lipinski definition) is 1. The Morgan fingerprint density at radius 1 is 2.00 bits per heavy atom. The molecule has 1 aliphatic rings. The van der Waals surface area contributed by atoms with Gasteiger partial charge in [0.25, 0.3) is 0 Å². The van der Waals surface area contributed by atoms with Crippen LogP contribution in [0.5, 0.6) is 0 Å². The molecule has 0 saturated carbocycles. The number of hydrazone groups is 1. The first-order valence-corrected chi connectivity index (χ1v) is 3.00. The van der Waals surface area contributed by atoms with E-state index in [0.717, 1.165) is 5.75 Å². The van der Waals surface area contributed by atoms with Gasteiger partial charge in [0.15, 0.2) is 0 Å². The lowest BCUT2D eigenvalue weighted by molar-refractivity contribution is 0.419. The summed E-state index contributed by atoms with van der Waals surface area (Å²) in [7, 11) is 1.84. The van der Waals surface area contributed by atoms with Gasteiger partial charge in [-0.05, 0) is 11.9 Å². The Bertz CT molecular complexity index is 82.2. The molecule has 0 amide bonds. The number of nitrogens with zero attached hydrogens (tertiary/aromatic N) is 2. The smallest absolute Gasteiger partial charge is 0.0539 e. The fourth-order valence-electron chi connectivity index (χ4n) is 0.367. The molecule has 1 aliphatic heterocycles. The van der Waals surface area contributed by atoms with Gasteiger partial charge in [-0.15, -0.1) is 0 Å². The summed E-state index contributed by atoms with van der Waals surface area (Å²) in [6.07, 6.45) is 1.86. The molecule has 1 N–H and O–H groups in total. The molecule has 0 fully saturated rings. The van der Waals surface area contributed by atoms with E-state index in [4.69, 9.17) is 0 Å². The zero-order valence-corrected chi connectivity index (χ0v) is 4.90. The van der Waals surface area contributed by atoms with Crippen LogP contribution in [0.15, 0.2) is 5.10 Å². The van der Waals surface area contributed by atoms with Crippen LogP contribution in [0.3, 0.4) is 0 Å². The number of rotatable bonds is 1. The zero-order chi connectivity index (χ0) is 5.11. The largest absolute Gasteiger partial charge is 0.210 e. The fourth-order valence-corrected chi connectivity index (χ4v) is 0.904. The molecule has 0 unspecified atom stereocenters. The van der Waals surface area contributed by atoms with Crippen molar-refractivity contribution in [2.45, 2.75) is 0 Å². The lowest BCUT2D eigenvalue weighted by Crippen LogP contribution is -2.19. The molecule has 1 heterocycles. The second-order valence-corrected chi connectivity index (χ2v) is 2.03. The number of nitrogens with one attached hydrogen (secondary N) is 1. The average Bonchev–Trinajstić information content (AvgIpc) is 2.14. The van der Waals surface area contributed by atoms with E-state index in [-0.39, 0.29) is 0 Å². The predicted octanol–water partition coefficient (Wildman–Crippen LogP) is 0.0704. The van der Waals surface area contributed by atoms with Crippen LogP contribution in [0.1, 0.15) is 0 Å². The molecule has 0 bridgehead atoms. The van der Waals surface area contributed by atoms with Crippen molar-refractivity contribution in [2.24, 2.45) is 5.10 Å². The predicted molar refractivity (Wildman–Crippen MR) is 31.8 cm³/mol. The fraction of sp³-hybridized carbons (Fsp3) is 0.667. The molecule has 0 aliphatic carbocycles. The summed E-state index contributed by atoms with van der Waals surface area (Å²) in [5.74, 6) is 0.987. The van der Waals surface area contributed by atoms with Gasteiger partial charge in [-0.2, -0.15) is 9.62 Å². The molecule has 0 radical (unpaired) electrons. The maximum absolute atomic E-state index is 3.91. The number of hydrogen-bond acceptors (Lipinski definition) is 4. The van der Waals surface area contributed by atoms with Crippen LogP contribution in [0, 0.1) is 0 Å². The minimum absolute atomic E-state index is 0.987. The van der Waals surface area contributed by atoms with Gasteiger partial charge in [-0.1, -0.05) is 0 Å². The lowest BCUT2D eigenvalue weighted by atomic mass is 10.9. The van der Waals surface area contributed by atoms with Gasteiger partial charge in [-0.25, -0.2) is 5.43 Å². The second kappa shape index (κ2) is 2.18. The quantitative estimate of drug-likeness (QED) is 0.492. The van der Waals surface area contributed by atoms with Gasteiger partial charge in [0.1, 0.15) is 0 Å². The molecule has 3 nitrogen and oxygen atoms in total. The van der Waals surface area contributed by atoms with E-state index in [9.17, 15) is 0 Å². The summed E-state index contributed by atoms with van der Waals surface area (Å²) < 4.78 is 1.72. The third-order valence-corrected chi connectivity index (χ3v) is 1.47. The highest BCUT2D eigenvalue weighted by Gasteiger charge is 2.00. The van der Waals surface area contributed by atoms with Gasteiger partial charge in [0.2, 0.25) is 0 Å². The van der Waals surface area contributed by atoms with Crippen LogP contribution in [0.25, 0.3) is 0 Å². The van der Waals surface area contributed by atoms with E-state index in [0.29, 0.717) is 0 Å². The van der Waals surface area contributed by atoms with Crippen molar-refractivity contribution in [3.8, 4) is 0 Å². The van der Waals surface area contributed by atoms with Crippen molar-refractivity contribution in [1.29, 1.82) is 0 Å². The Morgan fingerprint density at radius 2 is 2.86 bits per heavy atom. The van der Waals surface area contributed by atoms with Crippen LogP contribution < -0.4 is 5.43 Å². The van der Waals surface area contributed by atoms with Crippen molar-refractivity contribution in [2.75, 3.05) is 12.8 Å². The van der Waals surface area contributed by atoms with Gasteiger partial charge >= 0.3 is 0 Å². The van der Waals surface area contributed by atoms with E-state index in [1.807, 2.05) is 13.3 Å².